The van der Waals surface area contributed by atoms with Gasteiger partial charge in [0.2, 0.25) is 0 Å². The summed E-state index contributed by atoms with van der Waals surface area (Å²) in [7, 11) is 0. The molecule has 0 fully saturated rings. The summed E-state index contributed by atoms with van der Waals surface area (Å²) < 4.78 is 0. The van der Waals surface area contributed by atoms with Crippen molar-refractivity contribution in [3.63, 3.8) is 0 Å². The van der Waals surface area contributed by atoms with E-state index in [1.54, 1.807) is 6.20 Å². The predicted molar refractivity (Wildman–Crippen MR) is 92.2 cm³/mol. The van der Waals surface area contributed by atoms with Crippen LogP contribution in [0.5, 0.6) is 0 Å². The Kier molecular flexibility index (Phi) is 7.32. The summed E-state index contributed by atoms with van der Waals surface area (Å²) in [5, 5.41) is 3.07. The summed E-state index contributed by atoms with van der Waals surface area (Å²) in [5.74, 6) is 0.809. The Morgan fingerprint density at radius 3 is 2.36 bits per heavy atom. The van der Waals surface area contributed by atoms with Gasteiger partial charge in [-0.15, -0.1) is 0 Å². The summed E-state index contributed by atoms with van der Waals surface area (Å²) in [6.45, 7) is 10.7. The van der Waals surface area contributed by atoms with Crippen LogP contribution in [0.2, 0.25) is 0 Å². The molecule has 0 saturated carbocycles. The van der Waals surface area contributed by atoms with Gasteiger partial charge < -0.3 is 16.0 Å². The van der Waals surface area contributed by atoms with E-state index in [0.29, 0.717) is 12.1 Å². The van der Waals surface area contributed by atoms with Crippen molar-refractivity contribution >= 4 is 11.7 Å². The van der Waals surface area contributed by atoms with Crippen LogP contribution in [0.3, 0.4) is 0 Å². The minimum absolute atomic E-state index is 0.105. The van der Waals surface area contributed by atoms with Crippen LogP contribution < -0.4 is 16.0 Å². The molecule has 1 rings (SSSR count). The van der Waals surface area contributed by atoms with E-state index in [9.17, 15) is 4.79 Å². The van der Waals surface area contributed by atoms with Crippen molar-refractivity contribution in [1.82, 2.24) is 10.3 Å². The fourth-order valence-electron chi connectivity index (χ4n) is 2.49. The van der Waals surface area contributed by atoms with Gasteiger partial charge >= 0.3 is 0 Å². The van der Waals surface area contributed by atoms with Crippen molar-refractivity contribution < 1.29 is 4.79 Å². The van der Waals surface area contributed by atoms with Gasteiger partial charge in [-0.05, 0) is 38.3 Å². The van der Waals surface area contributed by atoms with Gasteiger partial charge in [-0.3, -0.25) is 4.79 Å². The van der Waals surface area contributed by atoms with Crippen molar-refractivity contribution in [3.05, 3.63) is 23.9 Å². The molecule has 0 aromatic carbocycles. The van der Waals surface area contributed by atoms with Gasteiger partial charge in [0.05, 0.1) is 11.1 Å². The smallest absolute Gasteiger partial charge is 0.253 e. The Bertz CT molecular complexity index is 446. The number of hydrogen-bond donors (Lipinski definition) is 2. The highest BCUT2D eigenvalue weighted by Crippen LogP contribution is 2.16. The Hall–Kier alpha value is -1.62. The SMILES string of the molecule is CCCN(CC)c1ccc(C(=O)NC(CC)(CC)CN)cn1. The number of hydrogen-bond acceptors (Lipinski definition) is 4. The molecule has 3 N–H and O–H groups in total. The molecule has 0 bridgehead atoms. The molecule has 0 aliphatic rings. The Balaban J connectivity index is 2.83. The lowest BCUT2D eigenvalue weighted by atomic mass is 9.92. The molecule has 0 saturated heterocycles. The van der Waals surface area contributed by atoms with Crippen LogP contribution >= 0.6 is 0 Å². The standard InChI is InChI=1S/C17H30N4O/c1-5-11-21(8-4)15-10-9-14(12-19-15)16(22)20-17(6-2,7-3)13-18/h9-10,12H,5-8,11,13,18H2,1-4H3,(H,20,22). The third-order valence-electron chi connectivity index (χ3n) is 4.33. The minimum Gasteiger partial charge on any atom is -0.357 e. The second-order valence-electron chi connectivity index (χ2n) is 5.63. The average Bonchev–Trinajstić information content (AvgIpc) is 2.57. The highest BCUT2D eigenvalue weighted by atomic mass is 16.1. The quantitative estimate of drug-likeness (QED) is 0.735. The molecule has 0 aliphatic carbocycles. The molecular formula is C17H30N4O. The fraction of sp³-hybridized carbons (Fsp3) is 0.647. The first-order valence-corrected chi connectivity index (χ1v) is 8.29. The molecule has 0 unspecified atom stereocenters. The van der Waals surface area contributed by atoms with Crippen LogP contribution in [0.1, 0.15) is 57.3 Å². The minimum atomic E-state index is -0.326. The van der Waals surface area contributed by atoms with Gasteiger partial charge in [0.15, 0.2) is 0 Å². The number of nitrogens with one attached hydrogen (secondary N) is 1. The third kappa shape index (κ3) is 4.44. The number of carbonyl (C=O) groups excluding carboxylic acids is 1. The summed E-state index contributed by atoms with van der Waals surface area (Å²) in [6.07, 6.45) is 4.36. The van der Waals surface area contributed by atoms with E-state index in [2.05, 4.69) is 29.0 Å². The lowest BCUT2D eigenvalue weighted by molar-refractivity contribution is 0.0895. The van der Waals surface area contributed by atoms with Gasteiger partial charge in [-0.25, -0.2) is 4.98 Å². The molecule has 0 atom stereocenters. The molecular weight excluding hydrogens is 276 g/mol. The topological polar surface area (TPSA) is 71.2 Å². The maximum absolute atomic E-state index is 12.4. The summed E-state index contributed by atoms with van der Waals surface area (Å²) in [6, 6.07) is 3.75. The number of anilines is 1. The van der Waals surface area contributed by atoms with Gasteiger partial charge in [0.1, 0.15) is 5.82 Å². The van der Waals surface area contributed by atoms with Crippen LogP contribution in [-0.4, -0.2) is 36.1 Å². The molecule has 1 aromatic rings. The van der Waals surface area contributed by atoms with Crippen LogP contribution in [0.15, 0.2) is 18.3 Å². The lowest BCUT2D eigenvalue weighted by Gasteiger charge is -2.31. The van der Waals surface area contributed by atoms with Gasteiger partial charge in [0, 0.05) is 25.8 Å². The van der Waals surface area contributed by atoms with E-state index >= 15 is 0 Å². The van der Waals surface area contributed by atoms with Gasteiger partial charge in [-0.2, -0.15) is 0 Å². The third-order valence-corrected chi connectivity index (χ3v) is 4.33. The molecule has 22 heavy (non-hydrogen) atoms. The maximum atomic E-state index is 12.4. The molecule has 124 valence electrons. The molecule has 1 heterocycles. The maximum Gasteiger partial charge on any atom is 0.253 e. The molecule has 1 aromatic heterocycles. The van der Waals surface area contributed by atoms with Gasteiger partial charge in [0.25, 0.3) is 5.91 Å². The fourth-order valence-corrected chi connectivity index (χ4v) is 2.49. The summed E-state index contributed by atoms with van der Waals surface area (Å²) >= 11 is 0. The molecule has 0 radical (unpaired) electrons. The van der Waals surface area contributed by atoms with Crippen molar-refractivity contribution in [1.29, 1.82) is 0 Å². The second kappa shape index (κ2) is 8.73. The van der Waals surface area contributed by atoms with Crippen LogP contribution in [-0.2, 0) is 0 Å². The van der Waals surface area contributed by atoms with E-state index in [1.165, 1.54) is 0 Å². The van der Waals surface area contributed by atoms with Crippen LogP contribution in [0.4, 0.5) is 5.82 Å². The largest absolute Gasteiger partial charge is 0.357 e. The van der Waals surface area contributed by atoms with Crippen molar-refractivity contribution in [3.8, 4) is 0 Å². The summed E-state index contributed by atoms with van der Waals surface area (Å²) in [4.78, 5) is 19.0. The highest BCUT2D eigenvalue weighted by Gasteiger charge is 2.26. The number of amides is 1. The number of pyridine rings is 1. The molecule has 0 spiro atoms. The van der Waals surface area contributed by atoms with Crippen molar-refractivity contribution in [2.75, 3.05) is 24.5 Å². The first kappa shape index (κ1) is 18.4. The molecule has 5 nitrogen and oxygen atoms in total. The Morgan fingerprint density at radius 2 is 1.95 bits per heavy atom. The first-order valence-electron chi connectivity index (χ1n) is 8.29. The Morgan fingerprint density at radius 1 is 1.27 bits per heavy atom. The molecule has 0 aliphatic heterocycles. The lowest BCUT2D eigenvalue weighted by Crippen LogP contribution is -2.52. The second-order valence-corrected chi connectivity index (χ2v) is 5.63. The first-order chi connectivity index (χ1) is 10.6. The van der Waals surface area contributed by atoms with Gasteiger partial charge in [-0.1, -0.05) is 20.8 Å². The highest BCUT2D eigenvalue weighted by molar-refractivity contribution is 5.94. The average molecular weight is 306 g/mol. The summed E-state index contributed by atoms with van der Waals surface area (Å²) in [5.41, 5.74) is 6.09. The van der Waals surface area contributed by atoms with E-state index < -0.39 is 0 Å². The van der Waals surface area contributed by atoms with E-state index in [-0.39, 0.29) is 11.4 Å². The predicted octanol–water partition coefficient (Wildman–Crippen LogP) is 2.57. The normalized spacial score (nSPS) is 11.3. The monoisotopic (exact) mass is 306 g/mol. The number of aromatic nitrogens is 1. The zero-order valence-electron chi connectivity index (χ0n) is 14.4. The number of nitrogens with zero attached hydrogens (tertiary/aromatic N) is 2. The van der Waals surface area contributed by atoms with E-state index in [4.69, 9.17) is 5.73 Å². The van der Waals surface area contributed by atoms with E-state index in [1.807, 2.05) is 26.0 Å². The zero-order chi connectivity index (χ0) is 16.6. The molecule has 5 heteroatoms. The van der Waals surface area contributed by atoms with Crippen LogP contribution in [0.25, 0.3) is 0 Å². The zero-order valence-corrected chi connectivity index (χ0v) is 14.4. The van der Waals surface area contributed by atoms with Crippen molar-refractivity contribution in [2.24, 2.45) is 5.73 Å². The number of carbonyl (C=O) groups is 1. The Labute approximate surface area is 134 Å². The van der Waals surface area contributed by atoms with Crippen molar-refractivity contribution in [2.45, 2.75) is 52.5 Å². The number of rotatable bonds is 9. The molecule has 1 amide bonds. The number of nitrogens with two attached hydrogens (primary N) is 1. The van der Waals surface area contributed by atoms with E-state index in [0.717, 1.165) is 38.2 Å². The van der Waals surface area contributed by atoms with Crippen LogP contribution in [0, 0.1) is 0 Å².